The molecule has 0 fully saturated rings. The van der Waals surface area contributed by atoms with Crippen LogP contribution in [0.25, 0.3) is 0 Å². The molecule has 0 radical (unpaired) electrons. The van der Waals surface area contributed by atoms with Crippen molar-refractivity contribution in [2.45, 2.75) is 23.8 Å². The number of aromatic nitrogens is 2. The summed E-state index contributed by atoms with van der Waals surface area (Å²) < 4.78 is 5.12. The molecule has 1 heterocycles. The van der Waals surface area contributed by atoms with Crippen molar-refractivity contribution in [1.29, 1.82) is 0 Å². The number of rotatable bonds is 3. The van der Waals surface area contributed by atoms with Gasteiger partial charge in [0.1, 0.15) is 10.8 Å². The largest absolute Gasteiger partial charge is 0.497 e. The number of ether oxygens (including phenoxy) is 1. The molecule has 0 aliphatic rings. The van der Waals surface area contributed by atoms with Crippen LogP contribution in [-0.2, 0) is 0 Å². The van der Waals surface area contributed by atoms with Crippen LogP contribution >= 0.6 is 23.4 Å². The molecule has 0 aliphatic heterocycles. The van der Waals surface area contributed by atoms with E-state index >= 15 is 0 Å². The lowest BCUT2D eigenvalue weighted by atomic mass is 10.2. The molecule has 0 unspecified atom stereocenters. The summed E-state index contributed by atoms with van der Waals surface area (Å²) in [4.78, 5) is 1.09. The molecule has 1 aromatic heterocycles. The van der Waals surface area contributed by atoms with Gasteiger partial charge < -0.3 is 4.74 Å². The van der Waals surface area contributed by atoms with E-state index in [9.17, 15) is 0 Å². The maximum absolute atomic E-state index is 5.93. The van der Waals surface area contributed by atoms with Crippen LogP contribution in [0.15, 0.2) is 34.2 Å². The molecule has 94 valence electrons. The number of benzene rings is 1. The molecule has 0 saturated heterocycles. The normalized spacial score (nSPS) is 10.4. The van der Waals surface area contributed by atoms with Crippen LogP contribution in [0.1, 0.15) is 11.1 Å². The van der Waals surface area contributed by atoms with Gasteiger partial charge in [0.25, 0.3) is 0 Å². The second kappa shape index (κ2) is 5.59. The Hall–Kier alpha value is -1.26. The Morgan fingerprint density at radius 2 is 1.72 bits per heavy atom. The summed E-state index contributed by atoms with van der Waals surface area (Å²) in [5.74, 6) is 0.842. The molecule has 0 bridgehead atoms. The zero-order valence-corrected chi connectivity index (χ0v) is 12.0. The molecule has 2 aromatic rings. The third-order valence-electron chi connectivity index (χ3n) is 2.70. The van der Waals surface area contributed by atoms with Gasteiger partial charge in [-0.2, -0.15) is 0 Å². The first-order chi connectivity index (χ1) is 8.61. The molecule has 1 aromatic carbocycles. The van der Waals surface area contributed by atoms with Gasteiger partial charge in [-0.3, -0.25) is 0 Å². The van der Waals surface area contributed by atoms with Gasteiger partial charge in [0.15, 0.2) is 5.15 Å². The van der Waals surface area contributed by atoms with E-state index < -0.39 is 0 Å². The Kier molecular flexibility index (Phi) is 4.09. The van der Waals surface area contributed by atoms with Crippen LogP contribution in [0.4, 0.5) is 0 Å². The minimum atomic E-state index is 0.464. The van der Waals surface area contributed by atoms with E-state index in [1.165, 1.54) is 0 Å². The first kappa shape index (κ1) is 13.2. The number of methoxy groups -OCH3 is 1. The Morgan fingerprint density at radius 1 is 1.06 bits per heavy atom. The van der Waals surface area contributed by atoms with Gasteiger partial charge >= 0.3 is 0 Å². The van der Waals surface area contributed by atoms with Gasteiger partial charge in [-0.05, 0) is 49.2 Å². The number of halogens is 1. The average molecular weight is 281 g/mol. The standard InChI is InChI=1S/C13H13ClN2OS/c1-8-9(2)13(16-15-12(8)14)18-11-6-4-10(17-3)5-7-11/h4-7H,1-3H3. The molecule has 0 atom stereocenters. The summed E-state index contributed by atoms with van der Waals surface area (Å²) in [6.07, 6.45) is 0. The zero-order chi connectivity index (χ0) is 13.1. The highest BCUT2D eigenvalue weighted by Crippen LogP contribution is 2.31. The van der Waals surface area contributed by atoms with Crippen molar-refractivity contribution in [3.05, 3.63) is 40.5 Å². The molecule has 5 heteroatoms. The number of hydrogen-bond donors (Lipinski definition) is 0. The molecular weight excluding hydrogens is 268 g/mol. The minimum absolute atomic E-state index is 0.464. The summed E-state index contributed by atoms with van der Waals surface area (Å²) in [5, 5.41) is 9.41. The van der Waals surface area contributed by atoms with Gasteiger partial charge in [-0.25, -0.2) is 0 Å². The first-order valence-corrected chi connectivity index (χ1v) is 6.62. The molecule has 18 heavy (non-hydrogen) atoms. The zero-order valence-electron chi connectivity index (χ0n) is 10.4. The SMILES string of the molecule is COc1ccc(Sc2nnc(Cl)c(C)c2C)cc1. The molecule has 0 amide bonds. The molecule has 0 spiro atoms. The predicted octanol–water partition coefficient (Wildman–Crippen LogP) is 3.91. The number of hydrogen-bond acceptors (Lipinski definition) is 4. The molecule has 0 saturated carbocycles. The summed E-state index contributed by atoms with van der Waals surface area (Å²) in [7, 11) is 1.65. The lowest BCUT2D eigenvalue weighted by molar-refractivity contribution is 0.414. The van der Waals surface area contributed by atoms with Crippen molar-refractivity contribution >= 4 is 23.4 Å². The Morgan fingerprint density at radius 3 is 2.33 bits per heavy atom. The van der Waals surface area contributed by atoms with E-state index in [-0.39, 0.29) is 0 Å². The van der Waals surface area contributed by atoms with Gasteiger partial charge in [0.05, 0.1) is 7.11 Å². The number of nitrogens with zero attached hydrogens (tertiary/aromatic N) is 2. The van der Waals surface area contributed by atoms with Gasteiger partial charge in [0.2, 0.25) is 0 Å². The van der Waals surface area contributed by atoms with Crippen LogP contribution < -0.4 is 4.74 Å². The van der Waals surface area contributed by atoms with Crippen molar-refractivity contribution in [2.24, 2.45) is 0 Å². The predicted molar refractivity (Wildman–Crippen MR) is 73.6 cm³/mol. The van der Waals surface area contributed by atoms with Crippen molar-refractivity contribution in [1.82, 2.24) is 10.2 Å². The maximum atomic E-state index is 5.93. The summed E-state index contributed by atoms with van der Waals surface area (Å²) in [6.45, 7) is 3.95. The monoisotopic (exact) mass is 280 g/mol. The van der Waals surface area contributed by atoms with Crippen LogP contribution in [0.3, 0.4) is 0 Å². The van der Waals surface area contributed by atoms with E-state index in [2.05, 4.69) is 10.2 Å². The van der Waals surface area contributed by atoms with Crippen molar-refractivity contribution in [2.75, 3.05) is 7.11 Å². The topological polar surface area (TPSA) is 35.0 Å². The molecule has 0 aliphatic carbocycles. The Labute approximate surface area is 116 Å². The minimum Gasteiger partial charge on any atom is -0.497 e. The summed E-state index contributed by atoms with van der Waals surface area (Å²) in [5.41, 5.74) is 2.04. The highest BCUT2D eigenvalue weighted by atomic mass is 35.5. The maximum Gasteiger partial charge on any atom is 0.154 e. The quantitative estimate of drug-likeness (QED) is 0.854. The van der Waals surface area contributed by atoms with Crippen molar-refractivity contribution < 1.29 is 4.74 Å². The molecule has 3 nitrogen and oxygen atoms in total. The smallest absolute Gasteiger partial charge is 0.154 e. The average Bonchev–Trinajstić information content (AvgIpc) is 2.40. The second-order valence-corrected chi connectivity index (χ2v) is 5.24. The summed E-state index contributed by atoms with van der Waals surface area (Å²) >= 11 is 7.50. The highest BCUT2D eigenvalue weighted by molar-refractivity contribution is 7.99. The fourth-order valence-electron chi connectivity index (χ4n) is 1.41. The van der Waals surface area contributed by atoms with Crippen LogP contribution in [0.2, 0.25) is 5.15 Å². The Bertz CT molecular complexity index is 558. The fraction of sp³-hybridized carbons (Fsp3) is 0.231. The Balaban J connectivity index is 2.25. The van der Waals surface area contributed by atoms with E-state index in [0.717, 1.165) is 26.8 Å². The highest BCUT2D eigenvalue weighted by Gasteiger charge is 2.09. The first-order valence-electron chi connectivity index (χ1n) is 5.43. The van der Waals surface area contributed by atoms with Gasteiger partial charge in [0, 0.05) is 4.90 Å². The van der Waals surface area contributed by atoms with E-state index in [4.69, 9.17) is 16.3 Å². The lowest BCUT2D eigenvalue weighted by Crippen LogP contribution is -1.95. The van der Waals surface area contributed by atoms with Crippen LogP contribution in [-0.4, -0.2) is 17.3 Å². The van der Waals surface area contributed by atoms with Crippen molar-refractivity contribution in [3.63, 3.8) is 0 Å². The van der Waals surface area contributed by atoms with Crippen LogP contribution in [0.5, 0.6) is 5.75 Å². The third-order valence-corrected chi connectivity index (χ3v) is 4.14. The summed E-state index contributed by atoms with van der Waals surface area (Å²) in [6, 6.07) is 7.84. The molecule has 0 N–H and O–H groups in total. The molecular formula is C13H13ClN2OS. The van der Waals surface area contributed by atoms with Crippen molar-refractivity contribution in [3.8, 4) is 5.75 Å². The van der Waals surface area contributed by atoms with Gasteiger partial charge in [-0.1, -0.05) is 23.4 Å². The van der Waals surface area contributed by atoms with E-state index in [1.807, 2.05) is 38.1 Å². The van der Waals surface area contributed by atoms with Crippen LogP contribution in [0, 0.1) is 13.8 Å². The molecule has 2 rings (SSSR count). The lowest BCUT2D eigenvalue weighted by Gasteiger charge is -2.07. The van der Waals surface area contributed by atoms with E-state index in [0.29, 0.717) is 5.15 Å². The van der Waals surface area contributed by atoms with E-state index in [1.54, 1.807) is 18.9 Å². The third kappa shape index (κ3) is 2.76. The van der Waals surface area contributed by atoms with Gasteiger partial charge in [-0.15, -0.1) is 10.2 Å². The second-order valence-electron chi connectivity index (χ2n) is 3.82. The fourth-order valence-corrected chi connectivity index (χ4v) is 2.47.